The first-order chi connectivity index (χ1) is 16.0. The number of carbonyl (C=O) groups is 2. The lowest BCUT2D eigenvalue weighted by atomic mass is 9.99. The quantitative estimate of drug-likeness (QED) is 0.604. The molecule has 1 atom stereocenters. The molecule has 0 aliphatic carbocycles. The van der Waals surface area contributed by atoms with Crippen LogP contribution < -0.4 is 4.74 Å². The molecule has 4 rings (SSSR count). The lowest BCUT2D eigenvalue weighted by Crippen LogP contribution is -2.42. The zero-order chi connectivity index (χ0) is 23.2. The number of likely N-dealkylation sites (tertiary alicyclic amines) is 1. The van der Waals surface area contributed by atoms with Gasteiger partial charge in [-0.2, -0.15) is 0 Å². The molecule has 0 N–H and O–H groups in total. The fourth-order valence-corrected chi connectivity index (χ4v) is 4.41. The van der Waals surface area contributed by atoms with Crippen molar-refractivity contribution in [3.63, 3.8) is 0 Å². The number of hydrogen-bond acceptors (Lipinski definition) is 6. The Morgan fingerprint density at radius 1 is 1.21 bits per heavy atom. The first-order valence-electron chi connectivity index (χ1n) is 11.8. The van der Waals surface area contributed by atoms with Gasteiger partial charge in [-0.05, 0) is 43.7 Å². The zero-order valence-corrected chi connectivity index (χ0v) is 19.5. The van der Waals surface area contributed by atoms with Crippen molar-refractivity contribution < 1.29 is 23.6 Å². The molecule has 1 aromatic heterocycles. The number of benzene rings is 1. The van der Waals surface area contributed by atoms with Crippen LogP contribution in [0.1, 0.15) is 49.5 Å². The van der Waals surface area contributed by atoms with E-state index in [-0.39, 0.29) is 23.6 Å². The average molecular weight is 456 g/mol. The molecular weight excluding hydrogens is 422 g/mol. The van der Waals surface area contributed by atoms with E-state index in [1.54, 1.807) is 18.1 Å². The second-order valence-corrected chi connectivity index (χ2v) is 9.01. The number of hydrogen-bond donors (Lipinski definition) is 0. The van der Waals surface area contributed by atoms with Crippen LogP contribution in [0.2, 0.25) is 0 Å². The lowest BCUT2D eigenvalue weighted by molar-refractivity contribution is -0.132. The molecule has 1 aromatic carbocycles. The molecule has 3 heterocycles. The van der Waals surface area contributed by atoms with Crippen LogP contribution in [-0.4, -0.2) is 72.8 Å². The Bertz CT molecular complexity index is 945. The van der Waals surface area contributed by atoms with Gasteiger partial charge in [-0.25, -0.2) is 0 Å². The van der Waals surface area contributed by atoms with Gasteiger partial charge in [0.1, 0.15) is 5.75 Å². The maximum atomic E-state index is 13.3. The van der Waals surface area contributed by atoms with E-state index >= 15 is 0 Å². The molecule has 2 amide bonds. The summed E-state index contributed by atoms with van der Waals surface area (Å²) in [6.45, 7) is 5.32. The van der Waals surface area contributed by atoms with Crippen LogP contribution in [0.3, 0.4) is 0 Å². The molecule has 0 spiro atoms. The van der Waals surface area contributed by atoms with Crippen LogP contribution in [0, 0.1) is 5.92 Å². The van der Waals surface area contributed by atoms with Gasteiger partial charge in [0, 0.05) is 50.8 Å². The molecule has 2 aliphatic heterocycles. The summed E-state index contributed by atoms with van der Waals surface area (Å²) in [5.41, 5.74) is 1.01. The number of methoxy groups -OCH3 is 1. The van der Waals surface area contributed by atoms with Gasteiger partial charge in [0.15, 0.2) is 11.5 Å². The summed E-state index contributed by atoms with van der Waals surface area (Å²) in [5, 5.41) is 4.03. The van der Waals surface area contributed by atoms with Crippen molar-refractivity contribution in [2.75, 3.05) is 39.9 Å². The van der Waals surface area contributed by atoms with Gasteiger partial charge in [0.25, 0.3) is 5.91 Å². The van der Waals surface area contributed by atoms with E-state index in [2.05, 4.69) is 12.1 Å². The van der Waals surface area contributed by atoms with Gasteiger partial charge < -0.3 is 23.8 Å². The molecule has 33 heavy (non-hydrogen) atoms. The number of aromatic nitrogens is 1. The number of ether oxygens (including phenoxy) is 2. The highest BCUT2D eigenvalue weighted by Crippen LogP contribution is 2.25. The summed E-state index contributed by atoms with van der Waals surface area (Å²) >= 11 is 0. The monoisotopic (exact) mass is 455 g/mol. The van der Waals surface area contributed by atoms with Gasteiger partial charge >= 0.3 is 0 Å². The Morgan fingerprint density at radius 3 is 2.76 bits per heavy atom. The normalized spacial score (nSPS) is 19.0. The van der Waals surface area contributed by atoms with Crippen LogP contribution in [0.4, 0.5) is 0 Å². The highest BCUT2D eigenvalue weighted by molar-refractivity contribution is 5.93. The summed E-state index contributed by atoms with van der Waals surface area (Å²) < 4.78 is 16.5. The first-order valence-corrected chi connectivity index (χ1v) is 11.8. The molecule has 2 saturated heterocycles. The minimum absolute atomic E-state index is 0.00959. The minimum Gasteiger partial charge on any atom is -0.497 e. The van der Waals surface area contributed by atoms with Crippen molar-refractivity contribution in [1.82, 2.24) is 15.0 Å². The number of piperidine rings is 1. The van der Waals surface area contributed by atoms with E-state index in [1.807, 2.05) is 29.2 Å². The van der Waals surface area contributed by atoms with E-state index in [0.717, 1.165) is 44.3 Å². The standard InChI is InChI=1S/C25H33N3O5/c1-18-8-11-27(12-9-18)24(29)10-13-28(17-21-7-4-14-32-21)25(30)22-16-23(33-26-22)19-5-3-6-20(15-19)31-2/h3,5-6,15-16,18,21H,4,7-14,17H2,1-2H3. The molecule has 2 aliphatic rings. The number of nitrogens with zero attached hydrogens (tertiary/aromatic N) is 3. The van der Waals surface area contributed by atoms with Gasteiger partial charge in [-0.15, -0.1) is 0 Å². The molecular formula is C25H33N3O5. The third-order valence-corrected chi connectivity index (χ3v) is 6.55. The Morgan fingerprint density at radius 2 is 2.03 bits per heavy atom. The number of carbonyl (C=O) groups excluding carboxylic acids is 2. The van der Waals surface area contributed by atoms with Crippen LogP contribution in [0.5, 0.6) is 5.75 Å². The van der Waals surface area contributed by atoms with Crippen LogP contribution in [0.25, 0.3) is 11.3 Å². The Kier molecular flexibility index (Phi) is 7.65. The maximum Gasteiger partial charge on any atom is 0.276 e. The maximum absolute atomic E-state index is 13.3. The highest BCUT2D eigenvalue weighted by atomic mass is 16.5. The summed E-state index contributed by atoms with van der Waals surface area (Å²) in [6.07, 6.45) is 4.27. The summed E-state index contributed by atoms with van der Waals surface area (Å²) in [4.78, 5) is 29.7. The topological polar surface area (TPSA) is 85.1 Å². The number of rotatable bonds is 8. The van der Waals surface area contributed by atoms with Gasteiger partial charge in [-0.3, -0.25) is 9.59 Å². The largest absolute Gasteiger partial charge is 0.497 e. The molecule has 1 unspecified atom stereocenters. The summed E-state index contributed by atoms with van der Waals surface area (Å²) in [6, 6.07) is 9.05. The molecule has 0 bridgehead atoms. The molecule has 2 aromatic rings. The fourth-order valence-electron chi connectivity index (χ4n) is 4.41. The second-order valence-electron chi connectivity index (χ2n) is 9.01. The van der Waals surface area contributed by atoms with Crippen LogP contribution >= 0.6 is 0 Å². The van der Waals surface area contributed by atoms with E-state index in [1.165, 1.54) is 0 Å². The van der Waals surface area contributed by atoms with Crippen molar-refractivity contribution in [3.05, 3.63) is 36.0 Å². The van der Waals surface area contributed by atoms with Crippen LogP contribution in [0.15, 0.2) is 34.9 Å². The van der Waals surface area contributed by atoms with Crippen molar-refractivity contribution in [1.29, 1.82) is 0 Å². The zero-order valence-electron chi connectivity index (χ0n) is 19.5. The summed E-state index contributed by atoms with van der Waals surface area (Å²) in [7, 11) is 1.60. The predicted molar refractivity (Wildman–Crippen MR) is 123 cm³/mol. The minimum atomic E-state index is -0.247. The van der Waals surface area contributed by atoms with Crippen molar-refractivity contribution in [2.45, 2.75) is 45.1 Å². The Hall–Kier alpha value is -2.87. The van der Waals surface area contributed by atoms with Crippen molar-refractivity contribution in [3.8, 4) is 17.1 Å². The summed E-state index contributed by atoms with van der Waals surface area (Å²) in [5.74, 6) is 1.71. The molecule has 178 valence electrons. The molecule has 0 saturated carbocycles. The van der Waals surface area contributed by atoms with Gasteiger partial charge in [0.05, 0.1) is 13.2 Å². The second kappa shape index (κ2) is 10.8. The SMILES string of the molecule is COc1cccc(-c2cc(C(=O)N(CCC(=O)N3CCC(C)CC3)CC3CCCO3)no2)c1. The van der Waals surface area contributed by atoms with E-state index in [9.17, 15) is 9.59 Å². The van der Waals surface area contributed by atoms with Crippen molar-refractivity contribution in [2.24, 2.45) is 5.92 Å². The predicted octanol–water partition coefficient (Wildman–Crippen LogP) is 3.62. The molecule has 0 radical (unpaired) electrons. The third-order valence-electron chi connectivity index (χ3n) is 6.55. The van der Waals surface area contributed by atoms with E-state index < -0.39 is 0 Å². The molecule has 2 fully saturated rings. The molecule has 8 heteroatoms. The van der Waals surface area contributed by atoms with Gasteiger partial charge in [0.2, 0.25) is 5.91 Å². The first kappa shape index (κ1) is 23.3. The average Bonchev–Trinajstić information content (AvgIpc) is 3.54. The van der Waals surface area contributed by atoms with E-state index in [4.69, 9.17) is 14.0 Å². The van der Waals surface area contributed by atoms with Crippen LogP contribution in [-0.2, 0) is 9.53 Å². The number of amides is 2. The van der Waals surface area contributed by atoms with Crippen molar-refractivity contribution >= 4 is 11.8 Å². The molecule has 8 nitrogen and oxygen atoms in total. The Balaban J connectivity index is 1.44. The smallest absolute Gasteiger partial charge is 0.276 e. The fraction of sp³-hybridized carbons (Fsp3) is 0.560. The van der Waals surface area contributed by atoms with Gasteiger partial charge in [-0.1, -0.05) is 24.2 Å². The third kappa shape index (κ3) is 5.93. The lowest BCUT2D eigenvalue weighted by Gasteiger charge is -2.31. The van der Waals surface area contributed by atoms with E-state index in [0.29, 0.717) is 43.5 Å². The Labute approximate surface area is 194 Å². The highest BCUT2D eigenvalue weighted by Gasteiger charge is 2.27.